The number of halogens is 2. The average Bonchev–Trinajstić information content (AvgIpc) is 2.37. The van der Waals surface area contributed by atoms with Crippen molar-refractivity contribution in [1.29, 1.82) is 0 Å². The maximum atomic E-state index is 11.8. The van der Waals surface area contributed by atoms with Crippen molar-refractivity contribution in [2.75, 3.05) is 12.3 Å². The third kappa shape index (κ3) is 4.86. The molecular weight excluding hydrogens is 289 g/mol. The average molecular weight is 306 g/mol. The highest BCUT2D eigenvalue weighted by atomic mass is 35.5. The second-order valence-electron chi connectivity index (χ2n) is 4.20. The molecular formula is C12H17Cl2N3O2. The number of nitrogen functional groups attached to an aromatic ring is 1. The Hall–Kier alpha value is -1.04. The first-order valence-corrected chi connectivity index (χ1v) is 6.75. The fraction of sp³-hybridized carbons (Fsp3) is 0.500. The Bertz CT molecular complexity index is 455. The SMILES string of the molecule is CCCCC(N)COC(=O)c1nc(Cl)cc(N)c1Cl. The topological polar surface area (TPSA) is 91.2 Å². The number of rotatable bonds is 6. The summed E-state index contributed by atoms with van der Waals surface area (Å²) in [6, 6.07) is 1.17. The van der Waals surface area contributed by atoms with Gasteiger partial charge in [0, 0.05) is 6.04 Å². The van der Waals surface area contributed by atoms with E-state index in [1.807, 2.05) is 0 Å². The zero-order valence-corrected chi connectivity index (χ0v) is 12.2. The Morgan fingerprint density at radius 3 is 2.84 bits per heavy atom. The maximum absolute atomic E-state index is 11.8. The molecule has 1 aromatic rings. The first kappa shape index (κ1) is 16.0. The molecule has 0 aliphatic rings. The zero-order chi connectivity index (χ0) is 14.4. The highest BCUT2D eigenvalue weighted by Crippen LogP contribution is 2.25. The van der Waals surface area contributed by atoms with Crippen LogP contribution in [-0.4, -0.2) is 23.6 Å². The lowest BCUT2D eigenvalue weighted by Gasteiger charge is -2.12. The first-order valence-electron chi connectivity index (χ1n) is 6.00. The third-order valence-electron chi connectivity index (χ3n) is 2.50. The molecule has 0 radical (unpaired) electrons. The van der Waals surface area contributed by atoms with Gasteiger partial charge in [0.2, 0.25) is 0 Å². The van der Waals surface area contributed by atoms with Gasteiger partial charge < -0.3 is 16.2 Å². The van der Waals surface area contributed by atoms with Gasteiger partial charge in [-0.3, -0.25) is 0 Å². The van der Waals surface area contributed by atoms with Crippen LogP contribution < -0.4 is 11.5 Å². The van der Waals surface area contributed by atoms with Crippen LogP contribution in [0.15, 0.2) is 6.07 Å². The van der Waals surface area contributed by atoms with Crippen molar-refractivity contribution in [3.63, 3.8) is 0 Å². The molecule has 4 N–H and O–H groups in total. The standard InChI is InChI=1S/C12H17Cl2N3O2/c1-2-3-4-7(15)6-19-12(18)11-10(14)8(16)5-9(13)17-11/h5,7H,2-4,6,15H2,1H3,(H2,16,17). The molecule has 19 heavy (non-hydrogen) atoms. The fourth-order valence-electron chi connectivity index (χ4n) is 1.45. The van der Waals surface area contributed by atoms with Gasteiger partial charge in [-0.05, 0) is 12.5 Å². The van der Waals surface area contributed by atoms with Crippen molar-refractivity contribution >= 4 is 34.9 Å². The Balaban J connectivity index is 2.64. The van der Waals surface area contributed by atoms with Crippen LogP contribution in [0, 0.1) is 0 Å². The van der Waals surface area contributed by atoms with Gasteiger partial charge >= 0.3 is 5.97 Å². The molecule has 7 heteroatoms. The van der Waals surface area contributed by atoms with E-state index in [0.29, 0.717) is 0 Å². The van der Waals surface area contributed by atoms with Gasteiger partial charge in [-0.2, -0.15) is 0 Å². The molecule has 0 saturated carbocycles. The predicted octanol–water partition coefficient (Wildman–Crippen LogP) is 2.64. The Morgan fingerprint density at radius 2 is 2.21 bits per heavy atom. The second-order valence-corrected chi connectivity index (χ2v) is 4.96. The summed E-state index contributed by atoms with van der Waals surface area (Å²) in [5.41, 5.74) is 11.5. The van der Waals surface area contributed by atoms with Crippen LogP contribution in [0.5, 0.6) is 0 Å². The van der Waals surface area contributed by atoms with Crippen molar-refractivity contribution in [3.8, 4) is 0 Å². The van der Waals surface area contributed by atoms with Crippen LogP contribution in [0.4, 0.5) is 5.69 Å². The van der Waals surface area contributed by atoms with Gasteiger partial charge in [-0.15, -0.1) is 0 Å². The van der Waals surface area contributed by atoms with Gasteiger partial charge in [-0.25, -0.2) is 9.78 Å². The number of hydrogen-bond donors (Lipinski definition) is 2. The minimum absolute atomic E-state index is 0.0385. The highest BCUT2D eigenvalue weighted by molar-refractivity contribution is 6.37. The van der Waals surface area contributed by atoms with Crippen LogP contribution in [0.1, 0.15) is 36.7 Å². The maximum Gasteiger partial charge on any atom is 0.358 e. The van der Waals surface area contributed by atoms with E-state index in [2.05, 4.69) is 11.9 Å². The van der Waals surface area contributed by atoms with Crippen molar-refractivity contribution in [2.45, 2.75) is 32.2 Å². The number of carbonyl (C=O) groups excluding carboxylic acids is 1. The van der Waals surface area contributed by atoms with E-state index in [1.54, 1.807) is 0 Å². The van der Waals surface area contributed by atoms with E-state index in [9.17, 15) is 4.79 Å². The summed E-state index contributed by atoms with van der Waals surface area (Å²) in [5, 5.41) is 0.126. The molecule has 1 unspecified atom stereocenters. The monoisotopic (exact) mass is 305 g/mol. The number of ether oxygens (including phenoxy) is 1. The molecule has 0 amide bonds. The molecule has 0 spiro atoms. The Kier molecular flexibility index (Phi) is 6.34. The number of esters is 1. The van der Waals surface area contributed by atoms with Crippen molar-refractivity contribution in [3.05, 3.63) is 21.9 Å². The summed E-state index contributed by atoms with van der Waals surface area (Å²) in [7, 11) is 0. The molecule has 0 aromatic carbocycles. The quantitative estimate of drug-likeness (QED) is 0.622. The van der Waals surface area contributed by atoms with Gasteiger partial charge in [0.05, 0.1) is 10.7 Å². The summed E-state index contributed by atoms with van der Waals surface area (Å²) in [6.45, 7) is 2.18. The minimum Gasteiger partial charge on any atom is -0.459 e. The lowest BCUT2D eigenvalue weighted by atomic mass is 10.1. The van der Waals surface area contributed by atoms with Crippen molar-refractivity contribution in [2.24, 2.45) is 5.73 Å². The largest absolute Gasteiger partial charge is 0.459 e. The second kappa shape index (κ2) is 7.53. The highest BCUT2D eigenvalue weighted by Gasteiger charge is 2.18. The third-order valence-corrected chi connectivity index (χ3v) is 3.10. The number of anilines is 1. The number of unbranched alkanes of at least 4 members (excludes halogenated alkanes) is 1. The van der Waals surface area contributed by atoms with Gasteiger partial charge in [0.1, 0.15) is 11.8 Å². The van der Waals surface area contributed by atoms with Crippen LogP contribution in [0.25, 0.3) is 0 Å². The van der Waals surface area contributed by atoms with E-state index in [0.717, 1.165) is 19.3 Å². The number of aromatic nitrogens is 1. The molecule has 1 atom stereocenters. The van der Waals surface area contributed by atoms with Crippen LogP contribution in [0.2, 0.25) is 10.2 Å². The summed E-state index contributed by atoms with van der Waals surface area (Å²) in [6.07, 6.45) is 2.82. The van der Waals surface area contributed by atoms with E-state index < -0.39 is 5.97 Å². The van der Waals surface area contributed by atoms with Crippen LogP contribution in [-0.2, 0) is 4.74 Å². The number of carbonyl (C=O) groups is 1. The predicted molar refractivity (Wildman–Crippen MR) is 76.5 cm³/mol. The molecule has 0 bridgehead atoms. The lowest BCUT2D eigenvalue weighted by Crippen LogP contribution is -2.28. The van der Waals surface area contributed by atoms with Crippen LogP contribution >= 0.6 is 23.2 Å². The molecule has 1 aromatic heterocycles. The lowest BCUT2D eigenvalue weighted by molar-refractivity contribution is 0.0470. The number of nitrogens with two attached hydrogens (primary N) is 2. The van der Waals surface area contributed by atoms with E-state index in [-0.39, 0.29) is 34.2 Å². The summed E-state index contributed by atoms with van der Waals surface area (Å²) in [4.78, 5) is 15.6. The molecule has 1 rings (SSSR count). The van der Waals surface area contributed by atoms with E-state index >= 15 is 0 Å². The van der Waals surface area contributed by atoms with Crippen molar-refractivity contribution in [1.82, 2.24) is 4.98 Å². The molecule has 0 fully saturated rings. The van der Waals surface area contributed by atoms with E-state index in [4.69, 9.17) is 39.4 Å². The summed E-state index contributed by atoms with van der Waals surface area (Å²) >= 11 is 11.6. The zero-order valence-electron chi connectivity index (χ0n) is 10.7. The first-order chi connectivity index (χ1) is 8.95. The summed E-state index contributed by atoms with van der Waals surface area (Å²) in [5.74, 6) is -0.675. The Labute approximate surface area is 122 Å². The number of hydrogen-bond acceptors (Lipinski definition) is 5. The number of nitrogens with zero attached hydrogens (tertiary/aromatic N) is 1. The molecule has 106 valence electrons. The number of pyridine rings is 1. The smallest absolute Gasteiger partial charge is 0.358 e. The molecule has 0 aliphatic heterocycles. The molecule has 0 saturated heterocycles. The van der Waals surface area contributed by atoms with Gasteiger partial charge in [0.25, 0.3) is 0 Å². The van der Waals surface area contributed by atoms with Gasteiger partial charge in [-0.1, -0.05) is 43.0 Å². The minimum atomic E-state index is -0.675. The van der Waals surface area contributed by atoms with Crippen LogP contribution in [0.3, 0.4) is 0 Å². The normalized spacial score (nSPS) is 12.2. The molecule has 5 nitrogen and oxygen atoms in total. The molecule has 1 heterocycles. The van der Waals surface area contributed by atoms with Crippen molar-refractivity contribution < 1.29 is 9.53 Å². The molecule has 0 aliphatic carbocycles. The van der Waals surface area contributed by atoms with E-state index in [1.165, 1.54) is 6.07 Å². The fourth-order valence-corrected chi connectivity index (χ4v) is 1.83. The Morgan fingerprint density at radius 1 is 1.53 bits per heavy atom. The summed E-state index contributed by atoms with van der Waals surface area (Å²) < 4.78 is 5.05. The van der Waals surface area contributed by atoms with Gasteiger partial charge in [0.15, 0.2) is 5.69 Å².